The highest BCUT2D eigenvalue weighted by Gasteiger charge is 2.72. The SMILES string of the molecule is CCOC(=O)[C@@]1(CO)[NH2+][C@@H](c2ccc(O)cc2)[C@H]2C(=O)N(C)C(=O)[C@@H]21. The number of benzene rings is 1. The molecule has 0 spiro atoms. The van der Waals surface area contributed by atoms with Gasteiger partial charge in [-0.05, 0) is 31.2 Å². The van der Waals surface area contributed by atoms with E-state index in [0.717, 1.165) is 4.90 Å². The maximum atomic E-state index is 12.6. The van der Waals surface area contributed by atoms with Crippen LogP contribution in [0.1, 0.15) is 18.5 Å². The van der Waals surface area contributed by atoms with Crippen LogP contribution in [0.5, 0.6) is 5.75 Å². The molecule has 4 atom stereocenters. The molecule has 0 aromatic heterocycles. The fourth-order valence-corrected chi connectivity index (χ4v) is 3.94. The number of nitrogens with zero attached hydrogens (tertiary/aromatic N) is 1. The molecule has 2 fully saturated rings. The number of rotatable bonds is 4. The second-order valence-corrected chi connectivity index (χ2v) is 6.44. The van der Waals surface area contributed by atoms with Gasteiger partial charge in [-0.25, -0.2) is 4.79 Å². The molecule has 4 N–H and O–H groups in total. The zero-order valence-electron chi connectivity index (χ0n) is 14.0. The highest BCUT2D eigenvalue weighted by molar-refractivity contribution is 6.08. The van der Waals surface area contributed by atoms with Crippen LogP contribution in [-0.4, -0.2) is 58.7 Å². The first kappa shape index (κ1) is 17.4. The van der Waals surface area contributed by atoms with Gasteiger partial charge in [0.25, 0.3) is 0 Å². The summed E-state index contributed by atoms with van der Waals surface area (Å²) < 4.78 is 5.10. The topological polar surface area (TPSA) is 121 Å². The van der Waals surface area contributed by atoms with Gasteiger partial charge in [0.05, 0.1) is 6.61 Å². The Morgan fingerprint density at radius 1 is 1.28 bits per heavy atom. The molecule has 134 valence electrons. The van der Waals surface area contributed by atoms with Crippen LogP contribution in [0.4, 0.5) is 0 Å². The smallest absolute Gasteiger partial charge is 0.371 e. The molecule has 0 unspecified atom stereocenters. The molecule has 3 rings (SSSR count). The van der Waals surface area contributed by atoms with Gasteiger partial charge < -0.3 is 20.3 Å². The lowest BCUT2D eigenvalue weighted by Crippen LogP contribution is -2.99. The normalized spacial score (nSPS) is 31.3. The first-order chi connectivity index (χ1) is 11.9. The van der Waals surface area contributed by atoms with Gasteiger partial charge in [-0.3, -0.25) is 14.5 Å². The number of fused-ring (bicyclic) bond motifs is 1. The van der Waals surface area contributed by atoms with Crippen molar-refractivity contribution in [3.05, 3.63) is 29.8 Å². The van der Waals surface area contributed by atoms with Gasteiger partial charge in [-0.2, -0.15) is 0 Å². The molecule has 0 aliphatic carbocycles. The summed E-state index contributed by atoms with van der Waals surface area (Å²) in [5, 5.41) is 21.0. The van der Waals surface area contributed by atoms with Crippen LogP contribution in [0, 0.1) is 11.8 Å². The van der Waals surface area contributed by atoms with Crippen molar-refractivity contribution in [2.45, 2.75) is 18.5 Å². The number of nitrogens with two attached hydrogens (primary N) is 1. The van der Waals surface area contributed by atoms with Gasteiger partial charge in [0.15, 0.2) is 0 Å². The molecule has 2 aliphatic heterocycles. The number of phenols is 1. The molecule has 0 saturated carbocycles. The minimum atomic E-state index is -1.55. The summed E-state index contributed by atoms with van der Waals surface area (Å²) in [4.78, 5) is 38.9. The molecule has 0 radical (unpaired) electrons. The molecular formula is C17H21N2O6+. The maximum absolute atomic E-state index is 12.6. The third-order valence-corrected chi connectivity index (χ3v) is 5.19. The van der Waals surface area contributed by atoms with E-state index in [2.05, 4.69) is 0 Å². The zero-order valence-corrected chi connectivity index (χ0v) is 14.0. The average Bonchev–Trinajstić information content (AvgIpc) is 3.06. The number of quaternary nitrogens is 1. The van der Waals surface area contributed by atoms with E-state index in [4.69, 9.17) is 4.74 Å². The van der Waals surface area contributed by atoms with Crippen molar-refractivity contribution in [2.24, 2.45) is 11.8 Å². The van der Waals surface area contributed by atoms with E-state index >= 15 is 0 Å². The number of hydrogen-bond acceptors (Lipinski definition) is 6. The molecular weight excluding hydrogens is 328 g/mol. The number of aliphatic hydroxyl groups is 1. The summed E-state index contributed by atoms with van der Waals surface area (Å²) >= 11 is 0. The summed E-state index contributed by atoms with van der Waals surface area (Å²) in [6.07, 6.45) is 0. The summed E-state index contributed by atoms with van der Waals surface area (Å²) in [6.45, 7) is 1.13. The average molecular weight is 349 g/mol. The lowest BCUT2D eigenvalue weighted by molar-refractivity contribution is -0.735. The van der Waals surface area contributed by atoms with E-state index in [-0.39, 0.29) is 18.3 Å². The van der Waals surface area contributed by atoms with E-state index in [1.165, 1.54) is 19.2 Å². The summed E-state index contributed by atoms with van der Waals surface area (Å²) in [5.41, 5.74) is -0.871. The lowest BCUT2D eigenvalue weighted by atomic mass is 9.79. The molecule has 1 aromatic carbocycles. The van der Waals surface area contributed by atoms with Crippen molar-refractivity contribution in [1.82, 2.24) is 4.90 Å². The standard InChI is InChI=1S/C17H20N2O6/c1-3-25-16(24)17(8-20)12-11(14(22)19(2)15(12)23)13(18-17)9-4-6-10(21)7-5-9/h4-7,11-13,18,20-21H,3,8H2,1-2H3/p+1/t11-,12+,13-,17-/m0/s1. The second kappa shape index (κ2) is 6.12. The number of amides is 2. The first-order valence-electron chi connectivity index (χ1n) is 8.11. The Morgan fingerprint density at radius 3 is 2.48 bits per heavy atom. The van der Waals surface area contributed by atoms with E-state index < -0.39 is 41.9 Å². The van der Waals surface area contributed by atoms with Crippen molar-refractivity contribution >= 4 is 17.8 Å². The Hall–Kier alpha value is -2.45. The minimum absolute atomic E-state index is 0.0723. The third-order valence-electron chi connectivity index (χ3n) is 5.19. The highest BCUT2D eigenvalue weighted by atomic mass is 16.5. The maximum Gasteiger partial charge on any atom is 0.371 e. The van der Waals surface area contributed by atoms with Crippen LogP contribution in [0.2, 0.25) is 0 Å². The van der Waals surface area contributed by atoms with Crippen LogP contribution in [-0.2, 0) is 19.1 Å². The molecule has 0 bridgehead atoms. The van der Waals surface area contributed by atoms with Crippen molar-refractivity contribution < 1.29 is 34.7 Å². The fraction of sp³-hybridized carbons (Fsp3) is 0.471. The van der Waals surface area contributed by atoms with Crippen molar-refractivity contribution in [3.63, 3.8) is 0 Å². The van der Waals surface area contributed by atoms with E-state index in [9.17, 15) is 24.6 Å². The number of carbonyl (C=O) groups excluding carboxylic acids is 3. The van der Waals surface area contributed by atoms with E-state index in [1.807, 2.05) is 0 Å². The number of likely N-dealkylation sites (tertiary alicyclic amines) is 1. The molecule has 25 heavy (non-hydrogen) atoms. The Morgan fingerprint density at radius 2 is 1.92 bits per heavy atom. The van der Waals surface area contributed by atoms with Gasteiger partial charge in [-0.1, -0.05) is 0 Å². The minimum Gasteiger partial charge on any atom is -0.508 e. The quantitative estimate of drug-likeness (QED) is 0.451. The Bertz CT molecular complexity index is 718. The molecule has 1 aromatic rings. The Kier molecular flexibility index (Phi) is 4.26. The Labute approximate surface area is 144 Å². The molecule has 8 heteroatoms. The zero-order chi connectivity index (χ0) is 18.4. The third kappa shape index (κ3) is 2.40. The summed E-state index contributed by atoms with van der Waals surface area (Å²) in [5.74, 6) is -3.28. The second-order valence-electron chi connectivity index (χ2n) is 6.44. The lowest BCUT2D eigenvalue weighted by Gasteiger charge is -2.27. The van der Waals surface area contributed by atoms with Crippen LogP contribution in [0.3, 0.4) is 0 Å². The number of hydrogen-bond donors (Lipinski definition) is 3. The van der Waals surface area contributed by atoms with Gasteiger partial charge in [0, 0.05) is 12.6 Å². The molecule has 2 aliphatic rings. The van der Waals surface area contributed by atoms with Gasteiger partial charge in [-0.15, -0.1) is 0 Å². The van der Waals surface area contributed by atoms with Gasteiger partial charge >= 0.3 is 5.97 Å². The first-order valence-corrected chi connectivity index (χ1v) is 8.11. The van der Waals surface area contributed by atoms with Crippen LogP contribution in [0.25, 0.3) is 0 Å². The van der Waals surface area contributed by atoms with Crippen LogP contribution >= 0.6 is 0 Å². The number of imide groups is 1. The highest BCUT2D eigenvalue weighted by Crippen LogP contribution is 2.44. The van der Waals surface area contributed by atoms with Gasteiger partial charge in [0.2, 0.25) is 17.4 Å². The van der Waals surface area contributed by atoms with Crippen molar-refractivity contribution in [2.75, 3.05) is 20.3 Å². The van der Waals surface area contributed by atoms with Crippen molar-refractivity contribution in [3.8, 4) is 5.75 Å². The fourth-order valence-electron chi connectivity index (χ4n) is 3.94. The largest absolute Gasteiger partial charge is 0.508 e. The summed E-state index contributed by atoms with van der Waals surface area (Å²) in [6, 6.07) is 5.70. The van der Waals surface area contributed by atoms with Crippen LogP contribution in [0.15, 0.2) is 24.3 Å². The predicted molar refractivity (Wildman–Crippen MR) is 84.0 cm³/mol. The monoisotopic (exact) mass is 349 g/mol. The molecule has 2 heterocycles. The number of ether oxygens (including phenoxy) is 1. The number of aromatic hydroxyl groups is 1. The van der Waals surface area contributed by atoms with E-state index in [0.29, 0.717) is 5.56 Å². The van der Waals surface area contributed by atoms with Crippen molar-refractivity contribution in [1.29, 1.82) is 0 Å². The predicted octanol–water partition coefficient (Wildman–Crippen LogP) is -1.46. The van der Waals surface area contributed by atoms with E-state index in [1.54, 1.807) is 24.4 Å². The van der Waals surface area contributed by atoms with Gasteiger partial charge in [0.1, 0.15) is 30.2 Å². The molecule has 2 saturated heterocycles. The number of phenolic OH excluding ortho intramolecular Hbond substituents is 1. The Balaban J connectivity index is 2.10. The number of esters is 1. The number of aliphatic hydroxyl groups excluding tert-OH is 1. The summed E-state index contributed by atoms with van der Waals surface area (Å²) in [7, 11) is 1.38. The number of carbonyl (C=O) groups is 3. The van der Waals surface area contributed by atoms with Crippen LogP contribution < -0.4 is 5.32 Å². The molecule has 2 amide bonds. The molecule has 8 nitrogen and oxygen atoms in total.